The maximum absolute atomic E-state index is 6.16. The second-order valence-electron chi connectivity index (χ2n) is 15.0. The Balaban J connectivity index is 1.50. The van der Waals surface area contributed by atoms with E-state index in [1.54, 1.807) is 0 Å². The highest BCUT2D eigenvalue weighted by Gasteiger charge is 2.38. The van der Waals surface area contributed by atoms with Gasteiger partial charge in [-0.25, -0.2) is 0 Å². The third-order valence-corrected chi connectivity index (χ3v) is 11.7. The molecule has 256 valence electrons. The summed E-state index contributed by atoms with van der Waals surface area (Å²) in [4.78, 5) is 0. The normalized spacial score (nSPS) is 19.2. The van der Waals surface area contributed by atoms with Gasteiger partial charge in [0.05, 0.1) is 0 Å². The standard InChI is InChI=1S/C46H62N2/c1-6-9-12-35-27-29-46(30-28-35,38-19-15-36(16-20-38)44(13-10-7-2)42-25-23-40(47)31-33(42)4)39-21-17-37(18-22-39)45(14-11-8-3)43-26-24-41(48)32-34(43)5/h15-26,31-32,35,44-45H,6-14,27-30,47-48H2,1-5H3. The number of aryl methyl sites for hydroxylation is 2. The first kappa shape index (κ1) is 35.8. The van der Waals surface area contributed by atoms with Crippen molar-refractivity contribution in [3.63, 3.8) is 0 Å². The maximum Gasteiger partial charge on any atom is 0.0316 e. The van der Waals surface area contributed by atoms with Crippen LogP contribution in [-0.4, -0.2) is 0 Å². The smallest absolute Gasteiger partial charge is 0.0316 e. The van der Waals surface area contributed by atoms with E-state index in [1.165, 1.54) is 128 Å². The molecule has 2 heteroatoms. The number of nitrogens with two attached hydrogens (primary N) is 2. The van der Waals surface area contributed by atoms with Crippen LogP contribution >= 0.6 is 0 Å². The van der Waals surface area contributed by atoms with Crippen LogP contribution in [0.5, 0.6) is 0 Å². The number of hydrogen-bond acceptors (Lipinski definition) is 2. The van der Waals surface area contributed by atoms with E-state index in [2.05, 4.69) is 120 Å². The van der Waals surface area contributed by atoms with E-state index in [1.807, 2.05) is 0 Å². The van der Waals surface area contributed by atoms with Crippen molar-refractivity contribution in [1.82, 2.24) is 0 Å². The van der Waals surface area contributed by atoms with Crippen LogP contribution in [-0.2, 0) is 5.41 Å². The summed E-state index contributed by atoms with van der Waals surface area (Å²) in [6, 6.07) is 32.7. The molecule has 1 aliphatic carbocycles. The molecule has 0 heterocycles. The molecule has 0 bridgehead atoms. The van der Waals surface area contributed by atoms with Gasteiger partial charge in [0.2, 0.25) is 0 Å². The SMILES string of the molecule is CCCCC1CCC(c2ccc(C(CCCC)c3ccc(N)cc3C)cc2)(c2ccc(C(CCCC)c3ccc(N)cc3C)cc2)CC1. The molecule has 0 aliphatic heterocycles. The van der Waals surface area contributed by atoms with E-state index in [0.29, 0.717) is 11.8 Å². The van der Waals surface area contributed by atoms with Gasteiger partial charge in [0.15, 0.2) is 0 Å². The summed E-state index contributed by atoms with van der Waals surface area (Å²) in [5.74, 6) is 1.66. The molecule has 1 fully saturated rings. The summed E-state index contributed by atoms with van der Waals surface area (Å²) in [5, 5.41) is 0. The van der Waals surface area contributed by atoms with Gasteiger partial charge >= 0.3 is 0 Å². The van der Waals surface area contributed by atoms with Gasteiger partial charge in [0.1, 0.15) is 0 Å². The molecule has 48 heavy (non-hydrogen) atoms. The Labute approximate surface area is 292 Å². The predicted octanol–water partition coefficient (Wildman–Crippen LogP) is 12.8. The highest BCUT2D eigenvalue weighted by Crippen LogP contribution is 2.48. The van der Waals surface area contributed by atoms with Crippen molar-refractivity contribution in [3.05, 3.63) is 129 Å². The molecule has 5 rings (SSSR count). The van der Waals surface area contributed by atoms with E-state index < -0.39 is 0 Å². The van der Waals surface area contributed by atoms with Gasteiger partial charge in [-0.1, -0.05) is 126 Å². The average Bonchev–Trinajstić information content (AvgIpc) is 3.10. The molecule has 2 unspecified atom stereocenters. The summed E-state index contributed by atoms with van der Waals surface area (Å²) in [5.41, 5.74) is 25.4. The number of rotatable bonds is 15. The lowest BCUT2D eigenvalue weighted by atomic mass is 9.62. The summed E-state index contributed by atoms with van der Waals surface area (Å²) < 4.78 is 0. The molecule has 4 aromatic rings. The minimum absolute atomic E-state index is 0.0613. The molecule has 0 aromatic heterocycles. The molecule has 0 saturated heterocycles. The van der Waals surface area contributed by atoms with E-state index in [-0.39, 0.29) is 5.41 Å². The average molecular weight is 643 g/mol. The van der Waals surface area contributed by atoms with Gasteiger partial charge in [-0.15, -0.1) is 0 Å². The molecule has 0 amide bonds. The summed E-state index contributed by atoms with van der Waals surface area (Å²) in [7, 11) is 0. The molecule has 0 radical (unpaired) electrons. The van der Waals surface area contributed by atoms with Crippen LogP contribution in [0.2, 0.25) is 0 Å². The largest absolute Gasteiger partial charge is 0.399 e. The Morgan fingerprint density at radius 3 is 1.38 bits per heavy atom. The summed E-state index contributed by atoms with van der Waals surface area (Å²) in [6.07, 6.45) is 16.3. The van der Waals surface area contributed by atoms with Gasteiger partial charge < -0.3 is 11.5 Å². The lowest BCUT2D eigenvalue weighted by Crippen LogP contribution is -2.33. The number of benzene rings is 4. The monoisotopic (exact) mass is 642 g/mol. The molecule has 4 aromatic carbocycles. The van der Waals surface area contributed by atoms with Gasteiger partial charge in [-0.3, -0.25) is 0 Å². The van der Waals surface area contributed by atoms with E-state index in [9.17, 15) is 0 Å². The van der Waals surface area contributed by atoms with Crippen LogP contribution in [0.3, 0.4) is 0 Å². The van der Waals surface area contributed by atoms with E-state index >= 15 is 0 Å². The second kappa shape index (κ2) is 16.7. The van der Waals surface area contributed by atoms with Crippen molar-refractivity contribution >= 4 is 11.4 Å². The molecule has 0 spiro atoms. The first-order valence-electron chi connectivity index (χ1n) is 19.2. The number of unbranched alkanes of at least 4 members (excludes halogenated alkanes) is 3. The van der Waals surface area contributed by atoms with E-state index in [4.69, 9.17) is 11.5 Å². The lowest BCUT2D eigenvalue weighted by Gasteiger charge is -2.42. The fraction of sp³-hybridized carbons (Fsp3) is 0.478. The lowest BCUT2D eigenvalue weighted by molar-refractivity contribution is 0.251. The zero-order valence-electron chi connectivity index (χ0n) is 30.7. The molecule has 2 nitrogen and oxygen atoms in total. The Morgan fingerprint density at radius 1 is 0.583 bits per heavy atom. The minimum atomic E-state index is 0.0613. The van der Waals surface area contributed by atoms with Crippen molar-refractivity contribution in [2.75, 3.05) is 11.5 Å². The molecule has 2 atom stereocenters. The van der Waals surface area contributed by atoms with Crippen LogP contribution < -0.4 is 11.5 Å². The van der Waals surface area contributed by atoms with Crippen LogP contribution in [0, 0.1) is 19.8 Å². The first-order valence-corrected chi connectivity index (χ1v) is 19.2. The Morgan fingerprint density at radius 2 is 1.00 bits per heavy atom. The van der Waals surface area contributed by atoms with Gasteiger partial charge in [0, 0.05) is 28.6 Å². The van der Waals surface area contributed by atoms with Crippen LogP contribution in [0.1, 0.15) is 161 Å². The van der Waals surface area contributed by atoms with E-state index in [0.717, 1.165) is 17.3 Å². The van der Waals surface area contributed by atoms with Crippen molar-refractivity contribution in [1.29, 1.82) is 0 Å². The Kier molecular flexibility index (Phi) is 12.5. The fourth-order valence-electron chi connectivity index (χ4n) is 8.76. The zero-order chi connectivity index (χ0) is 34.1. The summed E-state index contributed by atoms with van der Waals surface area (Å²) in [6.45, 7) is 11.4. The fourth-order valence-corrected chi connectivity index (χ4v) is 8.76. The Hall–Kier alpha value is -3.52. The van der Waals surface area contributed by atoms with Crippen LogP contribution in [0.4, 0.5) is 11.4 Å². The molecule has 1 saturated carbocycles. The number of hydrogen-bond donors (Lipinski definition) is 2. The van der Waals surface area contributed by atoms with Crippen molar-refractivity contribution in [3.8, 4) is 0 Å². The van der Waals surface area contributed by atoms with Crippen molar-refractivity contribution in [2.45, 2.75) is 135 Å². The summed E-state index contributed by atoms with van der Waals surface area (Å²) >= 11 is 0. The van der Waals surface area contributed by atoms with Crippen molar-refractivity contribution < 1.29 is 0 Å². The quantitative estimate of drug-likeness (QED) is 0.127. The third kappa shape index (κ3) is 8.19. The predicted molar refractivity (Wildman–Crippen MR) is 209 cm³/mol. The minimum Gasteiger partial charge on any atom is -0.399 e. The van der Waals surface area contributed by atoms with Crippen LogP contribution in [0.25, 0.3) is 0 Å². The zero-order valence-corrected chi connectivity index (χ0v) is 30.7. The first-order chi connectivity index (χ1) is 23.3. The highest BCUT2D eigenvalue weighted by atomic mass is 14.5. The third-order valence-electron chi connectivity index (χ3n) is 11.7. The van der Waals surface area contributed by atoms with Crippen molar-refractivity contribution in [2.24, 2.45) is 5.92 Å². The second-order valence-corrected chi connectivity index (χ2v) is 15.0. The maximum atomic E-state index is 6.16. The van der Waals surface area contributed by atoms with Crippen LogP contribution in [0.15, 0.2) is 84.9 Å². The molecule has 4 N–H and O–H groups in total. The highest BCUT2D eigenvalue weighted by molar-refractivity contribution is 5.51. The van der Waals surface area contributed by atoms with Gasteiger partial charge in [-0.2, -0.15) is 0 Å². The number of anilines is 2. The Bertz CT molecular complexity index is 1460. The topological polar surface area (TPSA) is 52.0 Å². The molecular weight excluding hydrogens is 581 g/mol. The number of nitrogen functional groups attached to an aromatic ring is 2. The molecule has 1 aliphatic rings. The van der Waals surface area contributed by atoms with Gasteiger partial charge in [0.25, 0.3) is 0 Å². The molecular formula is C46H62N2. The van der Waals surface area contributed by atoms with Gasteiger partial charge in [-0.05, 0) is 127 Å².